The topological polar surface area (TPSA) is 66.5 Å². The summed E-state index contributed by atoms with van der Waals surface area (Å²) in [7, 11) is 1.55. The van der Waals surface area contributed by atoms with Gasteiger partial charge in [-0.15, -0.1) is 0 Å². The number of halogens is 2. The molecule has 0 aliphatic carbocycles. The van der Waals surface area contributed by atoms with Crippen LogP contribution >= 0.6 is 23.2 Å². The Morgan fingerprint density at radius 2 is 1.76 bits per heavy atom. The summed E-state index contributed by atoms with van der Waals surface area (Å²) >= 11 is 12.4. The van der Waals surface area contributed by atoms with E-state index in [-0.39, 0.29) is 17.2 Å². The Morgan fingerprint density at radius 1 is 1.03 bits per heavy atom. The summed E-state index contributed by atoms with van der Waals surface area (Å²) in [6, 6.07) is 14.9. The van der Waals surface area contributed by atoms with Gasteiger partial charge in [-0.1, -0.05) is 53.5 Å². The first-order chi connectivity index (χ1) is 13.9. The summed E-state index contributed by atoms with van der Waals surface area (Å²) in [4.78, 5) is 12.8. The zero-order valence-corrected chi connectivity index (χ0v) is 17.8. The van der Waals surface area contributed by atoms with E-state index in [0.717, 1.165) is 22.4 Å². The lowest BCUT2D eigenvalue weighted by Gasteiger charge is -2.16. The van der Waals surface area contributed by atoms with Crippen LogP contribution in [-0.4, -0.2) is 11.7 Å². The van der Waals surface area contributed by atoms with E-state index in [2.05, 4.69) is 0 Å². The monoisotopic (exact) mass is 432 g/mol. The molecule has 0 bridgehead atoms. The Morgan fingerprint density at radius 3 is 2.45 bits per heavy atom. The zero-order valence-electron chi connectivity index (χ0n) is 16.2. The number of aromatic nitrogens is 1. The van der Waals surface area contributed by atoms with Crippen molar-refractivity contribution in [1.82, 2.24) is 4.57 Å². The number of pyridine rings is 1. The van der Waals surface area contributed by atoms with Crippen LogP contribution in [0, 0.1) is 6.92 Å². The molecule has 1 aromatic heterocycles. The number of methoxy groups -OCH3 is 1. The van der Waals surface area contributed by atoms with E-state index in [1.165, 1.54) is 0 Å². The third-order valence-electron chi connectivity index (χ3n) is 4.69. The summed E-state index contributed by atoms with van der Waals surface area (Å²) in [6.07, 6.45) is 0. The van der Waals surface area contributed by atoms with Crippen molar-refractivity contribution < 1.29 is 9.47 Å². The SMILES string of the molecule is COc1cc(Cn2c(C)cc(OCc3ccccc3CN)c(Cl)c2=O)ccc1Cl. The summed E-state index contributed by atoms with van der Waals surface area (Å²) in [5.41, 5.74) is 9.01. The first-order valence-corrected chi connectivity index (χ1v) is 9.82. The van der Waals surface area contributed by atoms with Crippen LogP contribution in [0.15, 0.2) is 53.3 Å². The number of hydrogen-bond donors (Lipinski definition) is 1. The van der Waals surface area contributed by atoms with Crippen molar-refractivity contribution in [2.24, 2.45) is 5.73 Å². The van der Waals surface area contributed by atoms with Gasteiger partial charge in [0.05, 0.1) is 18.7 Å². The van der Waals surface area contributed by atoms with Crippen molar-refractivity contribution in [2.45, 2.75) is 26.6 Å². The number of rotatable bonds is 7. The number of aryl methyl sites for hydroxylation is 1. The van der Waals surface area contributed by atoms with E-state index in [9.17, 15) is 4.79 Å². The fourth-order valence-corrected chi connectivity index (χ4v) is 3.46. The molecule has 0 fully saturated rings. The molecular weight excluding hydrogens is 411 g/mol. The number of hydrogen-bond acceptors (Lipinski definition) is 4. The second-order valence-electron chi connectivity index (χ2n) is 6.59. The third-order valence-corrected chi connectivity index (χ3v) is 5.35. The Kier molecular flexibility index (Phi) is 6.85. The molecule has 152 valence electrons. The molecule has 0 spiro atoms. The maximum atomic E-state index is 12.8. The second kappa shape index (κ2) is 9.35. The maximum absolute atomic E-state index is 12.8. The highest BCUT2D eigenvalue weighted by Gasteiger charge is 2.14. The molecule has 5 nitrogen and oxygen atoms in total. The minimum Gasteiger partial charge on any atom is -0.495 e. The molecule has 3 aromatic rings. The quantitative estimate of drug-likeness (QED) is 0.594. The molecule has 0 saturated carbocycles. The molecule has 2 aromatic carbocycles. The van der Waals surface area contributed by atoms with E-state index in [0.29, 0.717) is 29.6 Å². The lowest BCUT2D eigenvalue weighted by atomic mass is 10.1. The zero-order chi connectivity index (χ0) is 21.0. The van der Waals surface area contributed by atoms with Crippen molar-refractivity contribution >= 4 is 23.2 Å². The molecule has 0 aliphatic heterocycles. The number of ether oxygens (including phenoxy) is 2. The predicted molar refractivity (Wildman–Crippen MR) is 116 cm³/mol. The molecule has 2 N–H and O–H groups in total. The van der Waals surface area contributed by atoms with Crippen LogP contribution < -0.4 is 20.8 Å². The molecule has 0 saturated heterocycles. The lowest BCUT2D eigenvalue weighted by Crippen LogP contribution is -2.24. The molecule has 0 radical (unpaired) electrons. The van der Waals surface area contributed by atoms with Gasteiger partial charge in [-0.2, -0.15) is 0 Å². The number of benzene rings is 2. The highest BCUT2D eigenvalue weighted by Crippen LogP contribution is 2.27. The van der Waals surface area contributed by atoms with Gasteiger partial charge in [0.1, 0.15) is 23.1 Å². The van der Waals surface area contributed by atoms with E-state index < -0.39 is 0 Å². The fraction of sp³-hybridized carbons (Fsp3) is 0.227. The average Bonchev–Trinajstić information content (AvgIpc) is 2.74. The van der Waals surface area contributed by atoms with Gasteiger partial charge in [-0.25, -0.2) is 0 Å². The standard InChI is InChI=1S/C22H22Cl2N2O3/c1-14-9-20(29-13-17-6-4-3-5-16(17)11-25)21(24)22(27)26(14)12-15-7-8-18(23)19(10-15)28-2/h3-10H,11-13,25H2,1-2H3. The molecular formula is C22H22Cl2N2O3. The van der Waals surface area contributed by atoms with Gasteiger partial charge in [0.25, 0.3) is 5.56 Å². The van der Waals surface area contributed by atoms with Gasteiger partial charge in [-0.05, 0) is 35.7 Å². The van der Waals surface area contributed by atoms with Crippen molar-refractivity contribution in [3.63, 3.8) is 0 Å². The van der Waals surface area contributed by atoms with Gasteiger partial charge in [0, 0.05) is 18.3 Å². The van der Waals surface area contributed by atoms with Gasteiger partial charge >= 0.3 is 0 Å². The normalized spacial score (nSPS) is 10.8. The van der Waals surface area contributed by atoms with Gasteiger partial charge < -0.3 is 19.8 Å². The average molecular weight is 433 g/mol. The van der Waals surface area contributed by atoms with Crippen molar-refractivity contribution in [2.75, 3.05) is 7.11 Å². The van der Waals surface area contributed by atoms with E-state index in [1.54, 1.807) is 29.9 Å². The smallest absolute Gasteiger partial charge is 0.273 e. The molecule has 7 heteroatoms. The van der Waals surface area contributed by atoms with Crippen molar-refractivity contribution in [3.05, 3.63) is 91.3 Å². The second-order valence-corrected chi connectivity index (χ2v) is 7.37. The molecule has 1 heterocycles. The molecule has 29 heavy (non-hydrogen) atoms. The van der Waals surface area contributed by atoms with Crippen LogP contribution in [0.25, 0.3) is 0 Å². The highest BCUT2D eigenvalue weighted by molar-refractivity contribution is 6.32. The van der Waals surface area contributed by atoms with Gasteiger partial charge in [0.2, 0.25) is 0 Å². The van der Waals surface area contributed by atoms with E-state index >= 15 is 0 Å². The molecule has 3 rings (SSSR count). The van der Waals surface area contributed by atoms with E-state index in [4.69, 9.17) is 38.4 Å². The Labute approximate surface area is 179 Å². The van der Waals surface area contributed by atoms with Gasteiger partial charge in [-0.3, -0.25) is 4.79 Å². The minimum atomic E-state index is -0.317. The van der Waals surface area contributed by atoms with Crippen molar-refractivity contribution in [3.8, 4) is 11.5 Å². The van der Waals surface area contributed by atoms with Gasteiger partial charge in [0.15, 0.2) is 0 Å². The van der Waals surface area contributed by atoms with Crippen LogP contribution in [0.2, 0.25) is 10.0 Å². The van der Waals surface area contributed by atoms with Crippen molar-refractivity contribution in [1.29, 1.82) is 0 Å². The largest absolute Gasteiger partial charge is 0.495 e. The van der Waals surface area contributed by atoms with Crippen LogP contribution in [0.3, 0.4) is 0 Å². The molecule has 0 unspecified atom stereocenters. The van der Waals surface area contributed by atoms with Crippen LogP contribution in [0.4, 0.5) is 0 Å². The molecule has 0 amide bonds. The first-order valence-electron chi connectivity index (χ1n) is 9.06. The Hall–Kier alpha value is -2.47. The molecule has 0 atom stereocenters. The highest BCUT2D eigenvalue weighted by atomic mass is 35.5. The third kappa shape index (κ3) is 4.75. The lowest BCUT2D eigenvalue weighted by molar-refractivity contribution is 0.303. The maximum Gasteiger partial charge on any atom is 0.273 e. The Balaban J connectivity index is 1.85. The summed E-state index contributed by atoms with van der Waals surface area (Å²) in [6.45, 7) is 2.88. The Bertz CT molecular complexity index is 1080. The van der Waals surface area contributed by atoms with Crippen LogP contribution in [-0.2, 0) is 19.7 Å². The van der Waals surface area contributed by atoms with E-state index in [1.807, 2.05) is 37.3 Å². The summed E-state index contributed by atoms with van der Waals surface area (Å²) < 4.78 is 12.7. The molecule has 0 aliphatic rings. The number of nitrogens with two attached hydrogens (primary N) is 1. The summed E-state index contributed by atoms with van der Waals surface area (Å²) in [5.74, 6) is 0.908. The predicted octanol–water partition coefficient (Wildman–Crippen LogP) is 4.56. The van der Waals surface area contributed by atoms with Crippen LogP contribution in [0.5, 0.6) is 11.5 Å². The van der Waals surface area contributed by atoms with Crippen LogP contribution in [0.1, 0.15) is 22.4 Å². The fourth-order valence-electron chi connectivity index (χ4n) is 3.05. The minimum absolute atomic E-state index is 0.0433. The number of nitrogens with zero attached hydrogens (tertiary/aromatic N) is 1. The summed E-state index contributed by atoms with van der Waals surface area (Å²) in [5, 5.41) is 0.557. The first kappa shape index (κ1) is 21.2.